The Balaban J connectivity index is 2.42. The van der Waals surface area contributed by atoms with Crippen LogP contribution in [-0.2, 0) is 0 Å². The van der Waals surface area contributed by atoms with Crippen molar-refractivity contribution in [2.24, 2.45) is 15.9 Å². The lowest BCUT2D eigenvalue weighted by atomic mass is 9.77. The highest BCUT2D eigenvalue weighted by molar-refractivity contribution is 6.24. The van der Waals surface area contributed by atoms with Crippen LogP contribution in [-0.4, -0.2) is 23.0 Å². The van der Waals surface area contributed by atoms with Gasteiger partial charge in [-0.2, -0.15) is 0 Å². The average molecular weight is 258 g/mol. The number of hydrogen-bond donors (Lipinski definition) is 0. The standard InChI is InChI=1S/C17H26N2/c1-7-13(4)18-14-8-11(2)16-15(9-14)12(3)10-17(5,6)19-16/h8-9,12-13H,7,10H2,1-6H3. The van der Waals surface area contributed by atoms with Crippen LogP contribution in [0.4, 0.5) is 0 Å². The fraction of sp³-hybridized carbons (Fsp3) is 0.647. The maximum absolute atomic E-state index is 4.93. The van der Waals surface area contributed by atoms with Crippen LogP contribution < -0.4 is 0 Å². The molecule has 1 aliphatic heterocycles. The van der Waals surface area contributed by atoms with E-state index in [1.165, 1.54) is 16.9 Å². The zero-order valence-corrected chi connectivity index (χ0v) is 13.1. The Bertz CT molecular complexity index is 489. The van der Waals surface area contributed by atoms with Crippen molar-refractivity contribution >= 4 is 11.4 Å². The smallest absolute Gasteiger partial charge is 0.0646 e. The molecule has 1 heterocycles. The monoisotopic (exact) mass is 258 g/mol. The number of rotatable bonds is 2. The zero-order chi connectivity index (χ0) is 14.2. The number of hydrogen-bond acceptors (Lipinski definition) is 2. The lowest BCUT2D eigenvalue weighted by Gasteiger charge is -2.35. The van der Waals surface area contributed by atoms with E-state index in [4.69, 9.17) is 9.98 Å². The molecule has 2 heteroatoms. The second kappa shape index (κ2) is 5.07. The van der Waals surface area contributed by atoms with E-state index in [9.17, 15) is 0 Å². The molecule has 2 nitrogen and oxygen atoms in total. The van der Waals surface area contributed by atoms with E-state index in [-0.39, 0.29) is 5.54 Å². The largest absolute Gasteiger partial charge is 0.282 e. The van der Waals surface area contributed by atoms with Crippen LogP contribution in [0.15, 0.2) is 33.3 Å². The summed E-state index contributed by atoms with van der Waals surface area (Å²) in [5.41, 5.74) is 5.02. The fourth-order valence-corrected chi connectivity index (χ4v) is 2.94. The molecule has 0 spiro atoms. The van der Waals surface area contributed by atoms with E-state index in [1.807, 2.05) is 0 Å². The van der Waals surface area contributed by atoms with Gasteiger partial charge in [0, 0.05) is 6.04 Å². The second-order valence-corrected chi connectivity index (χ2v) is 6.62. The molecule has 2 unspecified atom stereocenters. The highest BCUT2D eigenvalue weighted by Gasteiger charge is 2.32. The number of aliphatic imine (C=N–C) groups is 2. The number of nitrogens with zero attached hydrogens (tertiary/aromatic N) is 2. The Morgan fingerprint density at radius 2 is 2.11 bits per heavy atom. The SMILES string of the molecule is CCC(C)N=C1C=C(C)C2=NC(C)(C)CC(C)C2=C1. The molecule has 0 bridgehead atoms. The first-order valence-corrected chi connectivity index (χ1v) is 7.40. The van der Waals surface area contributed by atoms with Crippen molar-refractivity contribution in [2.45, 2.75) is 66.0 Å². The highest BCUT2D eigenvalue weighted by atomic mass is 14.9. The van der Waals surface area contributed by atoms with Crippen LogP contribution >= 0.6 is 0 Å². The van der Waals surface area contributed by atoms with Gasteiger partial charge < -0.3 is 0 Å². The molecule has 0 N–H and O–H groups in total. The average Bonchev–Trinajstić information content (AvgIpc) is 2.30. The van der Waals surface area contributed by atoms with Crippen LogP contribution in [0, 0.1) is 5.92 Å². The normalized spacial score (nSPS) is 29.3. The first-order valence-electron chi connectivity index (χ1n) is 7.40. The van der Waals surface area contributed by atoms with Crippen molar-refractivity contribution in [3.8, 4) is 0 Å². The van der Waals surface area contributed by atoms with E-state index in [0.717, 1.165) is 18.6 Å². The van der Waals surface area contributed by atoms with Crippen molar-refractivity contribution in [2.75, 3.05) is 0 Å². The molecule has 19 heavy (non-hydrogen) atoms. The molecular formula is C17H26N2. The molecule has 0 saturated heterocycles. The molecule has 1 aliphatic carbocycles. The maximum Gasteiger partial charge on any atom is 0.0646 e. The molecule has 0 radical (unpaired) electrons. The molecule has 104 valence electrons. The van der Waals surface area contributed by atoms with Gasteiger partial charge in [0.1, 0.15) is 0 Å². The first-order chi connectivity index (χ1) is 8.82. The predicted molar refractivity (Wildman–Crippen MR) is 84.3 cm³/mol. The van der Waals surface area contributed by atoms with E-state index in [1.54, 1.807) is 0 Å². The summed E-state index contributed by atoms with van der Waals surface area (Å²) in [6.07, 6.45) is 6.63. The molecular weight excluding hydrogens is 232 g/mol. The summed E-state index contributed by atoms with van der Waals surface area (Å²) < 4.78 is 0. The summed E-state index contributed by atoms with van der Waals surface area (Å²) in [5.74, 6) is 0.563. The summed E-state index contributed by atoms with van der Waals surface area (Å²) in [4.78, 5) is 9.70. The van der Waals surface area contributed by atoms with E-state index < -0.39 is 0 Å². The Hall–Kier alpha value is -1.18. The Labute approximate surface area is 117 Å². The summed E-state index contributed by atoms with van der Waals surface area (Å²) in [6.45, 7) is 13.3. The Morgan fingerprint density at radius 1 is 1.42 bits per heavy atom. The predicted octanol–water partition coefficient (Wildman–Crippen LogP) is 4.37. The Kier molecular flexibility index (Phi) is 3.80. The van der Waals surface area contributed by atoms with Crippen LogP contribution in [0.1, 0.15) is 54.4 Å². The minimum Gasteiger partial charge on any atom is -0.282 e. The minimum absolute atomic E-state index is 0.0620. The summed E-state index contributed by atoms with van der Waals surface area (Å²) in [6, 6.07) is 0.393. The molecule has 0 aromatic rings. The minimum atomic E-state index is 0.0620. The van der Waals surface area contributed by atoms with Crippen molar-refractivity contribution in [1.29, 1.82) is 0 Å². The molecule has 2 rings (SSSR count). The third-order valence-electron chi connectivity index (χ3n) is 4.03. The zero-order valence-electron chi connectivity index (χ0n) is 13.1. The van der Waals surface area contributed by atoms with Crippen LogP contribution in [0.3, 0.4) is 0 Å². The molecule has 0 aromatic carbocycles. The molecule has 0 amide bonds. The molecule has 0 aromatic heterocycles. The van der Waals surface area contributed by atoms with Crippen molar-refractivity contribution < 1.29 is 0 Å². The van der Waals surface area contributed by atoms with E-state index >= 15 is 0 Å². The molecule has 0 saturated carbocycles. The van der Waals surface area contributed by atoms with E-state index in [2.05, 4.69) is 53.7 Å². The highest BCUT2D eigenvalue weighted by Crippen LogP contribution is 2.35. The van der Waals surface area contributed by atoms with Crippen molar-refractivity contribution in [1.82, 2.24) is 0 Å². The first kappa shape index (κ1) is 14.2. The van der Waals surface area contributed by atoms with Gasteiger partial charge in [0.25, 0.3) is 0 Å². The lowest BCUT2D eigenvalue weighted by Crippen LogP contribution is -2.33. The van der Waals surface area contributed by atoms with Gasteiger partial charge in [-0.25, -0.2) is 0 Å². The third-order valence-corrected chi connectivity index (χ3v) is 4.03. The third kappa shape index (κ3) is 3.05. The lowest BCUT2D eigenvalue weighted by molar-refractivity contribution is 0.406. The van der Waals surface area contributed by atoms with E-state index in [0.29, 0.717) is 12.0 Å². The summed E-state index contributed by atoms with van der Waals surface area (Å²) in [7, 11) is 0. The van der Waals surface area contributed by atoms with Gasteiger partial charge >= 0.3 is 0 Å². The van der Waals surface area contributed by atoms with Gasteiger partial charge in [-0.15, -0.1) is 0 Å². The molecule has 2 atom stereocenters. The Morgan fingerprint density at radius 3 is 2.74 bits per heavy atom. The summed E-state index contributed by atoms with van der Waals surface area (Å²) >= 11 is 0. The van der Waals surface area contributed by atoms with Gasteiger partial charge in [0.05, 0.1) is 17.0 Å². The van der Waals surface area contributed by atoms with Gasteiger partial charge in [0.15, 0.2) is 0 Å². The van der Waals surface area contributed by atoms with Crippen molar-refractivity contribution in [3.05, 3.63) is 23.3 Å². The number of allylic oxidation sites excluding steroid dienone is 4. The van der Waals surface area contributed by atoms with Gasteiger partial charge in [-0.3, -0.25) is 9.98 Å². The van der Waals surface area contributed by atoms with Gasteiger partial charge in [-0.1, -0.05) is 13.8 Å². The molecule has 0 fully saturated rings. The van der Waals surface area contributed by atoms with Crippen molar-refractivity contribution in [3.63, 3.8) is 0 Å². The van der Waals surface area contributed by atoms with Gasteiger partial charge in [-0.05, 0) is 69.8 Å². The fourth-order valence-electron chi connectivity index (χ4n) is 2.94. The van der Waals surface area contributed by atoms with Crippen LogP contribution in [0.5, 0.6) is 0 Å². The van der Waals surface area contributed by atoms with Crippen LogP contribution in [0.2, 0.25) is 0 Å². The summed E-state index contributed by atoms with van der Waals surface area (Å²) in [5, 5.41) is 0. The number of fused-ring (bicyclic) bond motifs is 1. The quantitative estimate of drug-likeness (QED) is 0.657. The van der Waals surface area contributed by atoms with Crippen LogP contribution in [0.25, 0.3) is 0 Å². The molecule has 2 aliphatic rings. The second-order valence-electron chi connectivity index (χ2n) is 6.62. The maximum atomic E-state index is 4.93. The topological polar surface area (TPSA) is 24.7 Å². The van der Waals surface area contributed by atoms with Gasteiger partial charge in [0.2, 0.25) is 0 Å².